The first kappa shape index (κ1) is 17.5. The van der Waals surface area contributed by atoms with Crippen molar-refractivity contribution < 1.29 is 14.3 Å². The summed E-state index contributed by atoms with van der Waals surface area (Å²) >= 11 is 0. The van der Waals surface area contributed by atoms with Crippen LogP contribution in [0.2, 0.25) is 0 Å². The Morgan fingerprint density at radius 1 is 1.22 bits per heavy atom. The van der Waals surface area contributed by atoms with E-state index in [1.165, 1.54) is 12.1 Å². The van der Waals surface area contributed by atoms with E-state index in [4.69, 9.17) is 4.98 Å². The fourth-order valence-corrected chi connectivity index (χ4v) is 3.90. The van der Waals surface area contributed by atoms with Crippen molar-refractivity contribution in [2.75, 3.05) is 11.4 Å². The molecule has 0 saturated carbocycles. The van der Waals surface area contributed by atoms with Crippen LogP contribution in [0.5, 0.6) is 0 Å². The molecule has 3 aromatic rings. The quantitative estimate of drug-likeness (QED) is 0.708. The van der Waals surface area contributed by atoms with Gasteiger partial charge in [0.2, 0.25) is 0 Å². The number of carboxylic acid groups (broad SMARTS) is 1. The van der Waals surface area contributed by atoms with Crippen LogP contribution in [0.4, 0.5) is 10.1 Å². The molecule has 1 aliphatic heterocycles. The Labute approximate surface area is 157 Å². The highest BCUT2D eigenvalue weighted by molar-refractivity contribution is 5.96. The van der Waals surface area contributed by atoms with E-state index in [-0.39, 0.29) is 11.4 Å². The number of hydrogen-bond donors (Lipinski definition) is 1. The van der Waals surface area contributed by atoms with Gasteiger partial charge in [0.15, 0.2) is 0 Å². The molecule has 0 unspecified atom stereocenters. The first-order chi connectivity index (χ1) is 12.9. The Morgan fingerprint density at radius 2 is 2.04 bits per heavy atom. The van der Waals surface area contributed by atoms with Gasteiger partial charge in [-0.25, -0.2) is 14.2 Å². The summed E-state index contributed by atoms with van der Waals surface area (Å²) < 4.78 is 13.6. The lowest BCUT2D eigenvalue weighted by Gasteiger charge is -2.27. The molecule has 1 atom stereocenters. The maximum absolute atomic E-state index is 13.6. The van der Waals surface area contributed by atoms with Gasteiger partial charge in [-0.1, -0.05) is 0 Å². The van der Waals surface area contributed by atoms with E-state index in [1.54, 1.807) is 24.3 Å². The van der Waals surface area contributed by atoms with Crippen LogP contribution in [0.15, 0.2) is 42.5 Å². The maximum atomic E-state index is 13.6. The standard InChI is InChI=1S/C22H21FN2O2/c1-13-10-17(23)6-7-18(13)21-20(25-9-3-4-14(25)2)12-16-11-15(22(26)27)5-8-19(16)24-21/h5-8,10-12,14H,3-4,9H2,1-2H3,(H,26,27)/t14-/m0/s1. The van der Waals surface area contributed by atoms with Gasteiger partial charge in [0.05, 0.1) is 22.5 Å². The zero-order valence-electron chi connectivity index (χ0n) is 15.4. The van der Waals surface area contributed by atoms with Crippen LogP contribution in [-0.4, -0.2) is 28.6 Å². The fraction of sp³-hybridized carbons (Fsp3) is 0.273. The Kier molecular flexibility index (Phi) is 4.30. The molecule has 1 aliphatic rings. The lowest BCUT2D eigenvalue weighted by atomic mass is 10.0. The lowest BCUT2D eigenvalue weighted by molar-refractivity contribution is 0.0697. The number of pyridine rings is 1. The zero-order valence-corrected chi connectivity index (χ0v) is 15.4. The minimum absolute atomic E-state index is 0.246. The molecule has 27 heavy (non-hydrogen) atoms. The van der Waals surface area contributed by atoms with Gasteiger partial charge in [-0.15, -0.1) is 0 Å². The van der Waals surface area contributed by atoms with E-state index in [0.717, 1.165) is 52.8 Å². The molecule has 2 aromatic carbocycles. The van der Waals surface area contributed by atoms with Crippen molar-refractivity contribution in [3.8, 4) is 11.3 Å². The van der Waals surface area contributed by atoms with Gasteiger partial charge in [0.1, 0.15) is 5.82 Å². The van der Waals surface area contributed by atoms with Gasteiger partial charge in [-0.3, -0.25) is 0 Å². The number of anilines is 1. The second-order valence-corrected chi connectivity index (χ2v) is 7.21. The van der Waals surface area contributed by atoms with Crippen LogP contribution in [0.3, 0.4) is 0 Å². The summed E-state index contributed by atoms with van der Waals surface area (Å²) in [7, 11) is 0. The third-order valence-corrected chi connectivity index (χ3v) is 5.35. The van der Waals surface area contributed by atoms with E-state index >= 15 is 0 Å². The summed E-state index contributed by atoms with van der Waals surface area (Å²) in [6.45, 7) is 5.00. The third kappa shape index (κ3) is 3.14. The molecule has 5 heteroatoms. The van der Waals surface area contributed by atoms with E-state index < -0.39 is 5.97 Å². The number of aryl methyl sites for hydroxylation is 1. The van der Waals surface area contributed by atoms with E-state index in [9.17, 15) is 14.3 Å². The average molecular weight is 364 g/mol. The predicted molar refractivity (Wildman–Crippen MR) is 105 cm³/mol. The molecular formula is C22H21FN2O2. The molecule has 4 nitrogen and oxygen atoms in total. The van der Waals surface area contributed by atoms with E-state index in [2.05, 4.69) is 11.8 Å². The summed E-state index contributed by atoms with van der Waals surface area (Å²) in [6, 6.07) is 12.1. The first-order valence-corrected chi connectivity index (χ1v) is 9.15. The molecule has 1 fully saturated rings. The topological polar surface area (TPSA) is 53.4 Å². The number of fused-ring (bicyclic) bond motifs is 1. The number of rotatable bonds is 3. The Morgan fingerprint density at radius 3 is 2.70 bits per heavy atom. The van der Waals surface area contributed by atoms with Crippen molar-refractivity contribution in [2.24, 2.45) is 0 Å². The Balaban J connectivity index is 1.97. The number of halogens is 1. The minimum Gasteiger partial charge on any atom is -0.478 e. The van der Waals surface area contributed by atoms with Crippen molar-refractivity contribution in [1.82, 2.24) is 4.98 Å². The number of aromatic nitrogens is 1. The Bertz CT molecular complexity index is 1050. The maximum Gasteiger partial charge on any atom is 0.335 e. The van der Waals surface area contributed by atoms with Crippen molar-refractivity contribution >= 4 is 22.6 Å². The zero-order chi connectivity index (χ0) is 19.1. The number of hydrogen-bond acceptors (Lipinski definition) is 3. The third-order valence-electron chi connectivity index (χ3n) is 5.35. The summed E-state index contributed by atoms with van der Waals surface area (Å²) in [4.78, 5) is 18.5. The number of carbonyl (C=O) groups is 1. The molecule has 0 aliphatic carbocycles. The summed E-state index contributed by atoms with van der Waals surface area (Å²) in [5.74, 6) is -1.22. The summed E-state index contributed by atoms with van der Waals surface area (Å²) in [6.07, 6.45) is 2.21. The van der Waals surface area contributed by atoms with Crippen LogP contribution in [0.1, 0.15) is 35.7 Å². The fourth-order valence-electron chi connectivity index (χ4n) is 3.90. The van der Waals surface area contributed by atoms with Crippen LogP contribution in [0, 0.1) is 12.7 Å². The van der Waals surface area contributed by atoms with Crippen molar-refractivity contribution in [3.63, 3.8) is 0 Å². The number of carboxylic acids is 1. The number of aromatic carboxylic acids is 1. The molecule has 4 rings (SSSR count). The number of nitrogens with zero attached hydrogens (tertiary/aromatic N) is 2. The monoisotopic (exact) mass is 364 g/mol. The number of benzene rings is 2. The molecule has 0 amide bonds. The predicted octanol–water partition coefficient (Wildman–Crippen LogP) is 5.04. The molecule has 1 aromatic heterocycles. The molecule has 1 saturated heterocycles. The van der Waals surface area contributed by atoms with Gasteiger partial charge >= 0.3 is 5.97 Å². The summed E-state index contributed by atoms with van der Waals surface area (Å²) in [5, 5.41) is 10.1. The van der Waals surface area contributed by atoms with E-state index in [0.29, 0.717) is 6.04 Å². The largest absolute Gasteiger partial charge is 0.478 e. The highest BCUT2D eigenvalue weighted by Gasteiger charge is 2.25. The molecule has 0 bridgehead atoms. The van der Waals surface area contributed by atoms with Gasteiger partial charge < -0.3 is 10.0 Å². The van der Waals surface area contributed by atoms with Gasteiger partial charge in [-0.2, -0.15) is 0 Å². The lowest BCUT2D eigenvalue weighted by Crippen LogP contribution is -2.27. The highest BCUT2D eigenvalue weighted by atomic mass is 19.1. The SMILES string of the molecule is Cc1cc(F)ccc1-c1nc2ccc(C(=O)O)cc2cc1N1CCC[C@@H]1C. The van der Waals surface area contributed by atoms with Gasteiger partial charge in [0, 0.05) is 23.5 Å². The van der Waals surface area contributed by atoms with Gasteiger partial charge in [0.25, 0.3) is 0 Å². The molecule has 0 radical (unpaired) electrons. The molecule has 1 N–H and O–H groups in total. The first-order valence-electron chi connectivity index (χ1n) is 9.15. The second kappa shape index (κ2) is 6.65. The molecule has 2 heterocycles. The molecular weight excluding hydrogens is 343 g/mol. The van der Waals surface area contributed by atoms with E-state index in [1.807, 2.05) is 13.0 Å². The van der Waals surface area contributed by atoms with Crippen LogP contribution < -0.4 is 4.90 Å². The smallest absolute Gasteiger partial charge is 0.335 e. The van der Waals surface area contributed by atoms with Crippen LogP contribution in [-0.2, 0) is 0 Å². The molecule has 0 spiro atoms. The normalized spacial score (nSPS) is 16.9. The summed E-state index contributed by atoms with van der Waals surface area (Å²) in [5.41, 5.74) is 4.50. The van der Waals surface area contributed by atoms with Crippen molar-refractivity contribution in [3.05, 3.63) is 59.4 Å². The van der Waals surface area contributed by atoms with Crippen molar-refractivity contribution in [2.45, 2.75) is 32.7 Å². The van der Waals surface area contributed by atoms with Crippen molar-refractivity contribution in [1.29, 1.82) is 0 Å². The Hall–Kier alpha value is -2.95. The second-order valence-electron chi connectivity index (χ2n) is 7.21. The van der Waals surface area contributed by atoms with Crippen LogP contribution >= 0.6 is 0 Å². The van der Waals surface area contributed by atoms with Crippen LogP contribution in [0.25, 0.3) is 22.2 Å². The molecule has 138 valence electrons. The average Bonchev–Trinajstić information content (AvgIpc) is 3.06. The minimum atomic E-state index is -0.952. The highest BCUT2D eigenvalue weighted by Crippen LogP contribution is 2.37. The van der Waals surface area contributed by atoms with Gasteiger partial charge in [-0.05, 0) is 74.7 Å².